The first-order valence-corrected chi connectivity index (χ1v) is 10.7. The molecule has 0 radical (unpaired) electrons. The minimum absolute atomic E-state index is 0.224. The zero-order valence-corrected chi connectivity index (χ0v) is 17.3. The Hall–Kier alpha value is -0.920. The molecule has 0 rings (SSSR count). The Kier molecular flexibility index (Phi) is 11.2. The van der Waals surface area contributed by atoms with Gasteiger partial charge in [-0.1, -0.05) is 64.3 Å². The van der Waals surface area contributed by atoms with Crippen molar-refractivity contribution in [2.24, 2.45) is 0 Å². The van der Waals surface area contributed by atoms with Crippen molar-refractivity contribution in [1.29, 1.82) is 0 Å². The topological polar surface area (TPSA) is 72.9 Å². The summed E-state index contributed by atoms with van der Waals surface area (Å²) < 4.78 is 30.2. The van der Waals surface area contributed by atoms with Gasteiger partial charge in [-0.2, -0.15) is 8.42 Å². The van der Waals surface area contributed by atoms with Crippen molar-refractivity contribution in [1.82, 2.24) is 4.90 Å². The van der Waals surface area contributed by atoms with Gasteiger partial charge in [0.05, 0.1) is 0 Å². The Bertz CT molecular complexity index is 514. The van der Waals surface area contributed by atoms with Crippen molar-refractivity contribution in [2.75, 3.05) is 13.1 Å². The summed E-state index contributed by atoms with van der Waals surface area (Å²) in [5.74, 6) is -0.822. The summed E-state index contributed by atoms with van der Waals surface area (Å²) >= 11 is 0. The van der Waals surface area contributed by atoms with E-state index in [4.69, 9.17) is 0 Å². The van der Waals surface area contributed by atoms with E-state index >= 15 is 0 Å². The van der Waals surface area contributed by atoms with E-state index in [1.54, 1.807) is 6.92 Å². The van der Waals surface area contributed by atoms with E-state index in [1.165, 1.54) is 0 Å². The minimum Gasteiger partial charge on any atom is -0.283 e. The lowest BCUT2D eigenvalue weighted by molar-refractivity contribution is -0.208. The van der Waals surface area contributed by atoms with Crippen molar-refractivity contribution in [3.05, 3.63) is 12.2 Å². The van der Waals surface area contributed by atoms with Gasteiger partial charge in [0.2, 0.25) is 0 Å². The number of nitrogens with zero attached hydrogens (tertiary/aromatic N) is 1. The molecule has 0 aromatic rings. The fourth-order valence-electron chi connectivity index (χ4n) is 2.74. The van der Waals surface area contributed by atoms with Crippen LogP contribution in [-0.4, -0.2) is 37.2 Å². The second-order valence-electron chi connectivity index (χ2n) is 6.40. The highest BCUT2D eigenvalue weighted by Crippen LogP contribution is 2.30. The van der Waals surface area contributed by atoms with Gasteiger partial charge >= 0.3 is 16.1 Å². The SMILES string of the molecule is C=C(CCCCC)C(=O)OOS(=O)(=O)C(C)(CCCC)N(CC)CC. The monoisotopic (exact) mass is 377 g/mol. The lowest BCUT2D eigenvalue weighted by atomic mass is 10.1. The lowest BCUT2D eigenvalue weighted by Crippen LogP contribution is -2.52. The number of unbranched alkanes of at least 4 members (excludes halogenated alkanes) is 3. The first-order chi connectivity index (χ1) is 11.7. The van der Waals surface area contributed by atoms with Gasteiger partial charge in [0.25, 0.3) is 0 Å². The Labute approximate surface area is 153 Å². The van der Waals surface area contributed by atoms with E-state index < -0.39 is 21.0 Å². The molecule has 0 saturated heterocycles. The highest BCUT2D eigenvalue weighted by Gasteiger charge is 2.45. The van der Waals surface area contributed by atoms with Crippen molar-refractivity contribution in [3.8, 4) is 0 Å². The Balaban J connectivity index is 5.04. The van der Waals surface area contributed by atoms with Crippen molar-refractivity contribution in [2.45, 2.75) is 84.4 Å². The highest BCUT2D eigenvalue weighted by molar-refractivity contribution is 7.88. The van der Waals surface area contributed by atoms with Crippen molar-refractivity contribution in [3.63, 3.8) is 0 Å². The van der Waals surface area contributed by atoms with Gasteiger partial charge in [-0.05, 0) is 39.3 Å². The largest absolute Gasteiger partial charge is 0.370 e. The maximum absolute atomic E-state index is 12.7. The summed E-state index contributed by atoms with van der Waals surface area (Å²) in [6, 6.07) is 0. The second-order valence-corrected chi connectivity index (χ2v) is 8.33. The van der Waals surface area contributed by atoms with Crippen LogP contribution in [0.15, 0.2) is 12.2 Å². The quantitative estimate of drug-likeness (QED) is 0.196. The van der Waals surface area contributed by atoms with Gasteiger partial charge in [0.1, 0.15) is 4.87 Å². The standard InChI is InChI=1S/C18H35NO5S/c1-7-11-13-14-16(5)17(20)23-24-25(21,22)18(6,15-12-8-2)19(9-3)10-4/h5,7-15H2,1-4,6H3. The molecule has 1 atom stereocenters. The van der Waals surface area contributed by atoms with Crippen LogP contribution in [0.25, 0.3) is 0 Å². The molecule has 1 unspecified atom stereocenters. The predicted molar refractivity (Wildman–Crippen MR) is 100 cm³/mol. The summed E-state index contributed by atoms with van der Waals surface area (Å²) in [6.45, 7) is 14.2. The lowest BCUT2D eigenvalue weighted by Gasteiger charge is -2.38. The molecule has 0 aromatic heterocycles. The molecule has 0 aliphatic rings. The molecule has 0 bridgehead atoms. The molecule has 0 heterocycles. The summed E-state index contributed by atoms with van der Waals surface area (Å²) in [7, 11) is -4.13. The normalized spacial score (nSPS) is 14.3. The summed E-state index contributed by atoms with van der Waals surface area (Å²) in [4.78, 5) is 17.1. The smallest absolute Gasteiger partial charge is 0.283 e. The first kappa shape index (κ1) is 24.1. The van der Waals surface area contributed by atoms with Crippen LogP contribution in [0.2, 0.25) is 0 Å². The maximum Gasteiger partial charge on any atom is 0.370 e. The molecule has 7 heteroatoms. The number of carbonyl (C=O) groups excluding carboxylic acids is 1. The Morgan fingerprint density at radius 2 is 1.60 bits per heavy atom. The third-order valence-electron chi connectivity index (χ3n) is 4.54. The highest BCUT2D eigenvalue weighted by atomic mass is 32.2. The molecule has 0 amide bonds. The maximum atomic E-state index is 12.7. The minimum atomic E-state index is -4.13. The molecule has 0 fully saturated rings. The molecule has 25 heavy (non-hydrogen) atoms. The molecular formula is C18H35NO5S. The molecule has 0 N–H and O–H groups in total. The number of carbonyl (C=O) groups is 1. The molecule has 0 spiro atoms. The van der Waals surface area contributed by atoms with Gasteiger partial charge in [0, 0.05) is 5.57 Å². The van der Waals surface area contributed by atoms with E-state index in [0.717, 1.165) is 32.1 Å². The van der Waals surface area contributed by atoms with Crippen LogP contribution in [-0.2, 0) is 24.1 Å². The van der Waals surface area contributed by atoms with E-state index in [-0.39, 0.29) is 5.57 Å². The summed E-state index contributed by atoms with van der Waals surface area (Å²) in [6.07, 6.45) is 5.27. The summed E-state index contributed by atoms with van der Waals surface area (Å²) in [5, 5.41) is 0. The Morgan fingerprint density at radius 1 is 1.04 bits per heavy atom. The molecule has 0 saturated carbocycles. The number of hydrogen-bond donors (Lipinski definition) is 0. The average Bonchev–Trinajstić information content (AvgIpc) is 2.58. The van der Waals surface area contributed by atoms with E-state index in [2.05, 4.69) is 22.7 Å². The van der Waals surface area contributed by atoms with Crippen LogP contribution in [0.4, 0.5) is 0 Å². The molecule has 0 aliphatic heterocycles. The van der Waals surface area contributed by atoms with Crippen molar-refractivity contribution >= 4 is 16.1 Å². The van der Waals surface area contributed by atoms with E-state index in [0.29, 0.717) is 25.9 Å². The first-order valence-electron chi connectivity index (χ1n) is 9.27. The predicted octanol–water partition coefficient (Wildman–Crippen LogP) is 4.18. The van der Waals surface area contributed by atoms with Gasteiger partial charge < -0.3 is 0 Å². The fourth-order valence-corrected chi connectivity index (χ4v) is 4.00. The average molecular weight is 378 g/mol. The number of hydrogen-bond acceptors (Lipinski definition) is 6. The molecule has 0 aromatic carbocycles. The zero-order chi connectivity index (χ0) is 19.5. The van der Waals surface area contributed by atoms with E-state index in [9.17, 15) is 13.2 Å². The zero-order valence-electron chi connectivity index (χ0n) is 16.5. The van der Waals surface area contributed by atoms with Crippen LogP contribution in [0.3, 0.4) is 0 Å². The van der Waals surface area contributed by atoms with Gasteiger partial charge in [-0.25, -0.2) is 4.79 Å². The van der Waals surface area contributed by atoms with Crippen LogP contribution < -0.4 is 0 Å². The van der Waals surface area contributed by atoms with Gasteiger partial charge in [-0.15, -0.1) is 0 Å². The van der Waals surface area contributed by atoms with Crippen LogP contribution >= 0.6 is 0 Å². The fraction of sp³-hybridized carbons (Fsp3) is 0.833. The molecule has 6 nitrogen and oxygen atoms in total. The third-order valence-corrected chi connectivity index (χ3v) is 6.32. The van der Waals surface area contributed by atoms with Crippen LogP contribution in [0, 0.1) is 0 Å². The summed E-state index contributed by atoms with van der Waals surface area (Å²) in [5.41, 5.74) is 0.224. The molecular weight excluding hydrogens is 342 g/mol. The molecule has 0 aliphatic carbocycles. The Morgan fingerprint density at radius 3 is 2.08 bits per heavy atom. The number of rotatable bonds is 14. The third kappa shape index (κ3) is 7.07. The van der Waals surface area contributed by atoms with Crippen LogP contribution in [0.1, 0.15) is 79.6 Å². The van der Waals surface area contributed by atoms with Crippen LogP contribution in [0.5, 0.6) is 0 Å². The van der Waals surface area contributed by atoms with Gasteiger partial charge in [-0.3, -0.25) is 9.79 Å². The van der Waals surface area contributed by atoms with E-state index in [1.807, 2.05) is 25.7 Å². The molecule has 148 valence electrons. The second kappa shape index (κ2) is 11.6. The van der Waals surface area contributed by atoms with Gasteiger partial charge in [0.15, 0.2) is 0 Å². The van der Waals surface area contributed by atoms with Crippen molar-refractivity contribution < 1.29 is 22.4 Å².